The molecule has 2 fully saturated rings. The smallest absolute Gasteiger partial charge is 0.411 e. The molecule has 4 atom stereocenters. The second kappa shape index (κ2) is 8.88. The number of methoxy groups -OCH3 is 1. The molecule has 6 nitrogen and oxygen atoms in total. The zero-order chi connectivity index (χ0) is 18.6. The van der Waals surface area contributed by atoms with Gasteiger partial charge in [0.1, 0.15) is 5.60 Å². The highest BCUT2D eigenvalue weighted by Crippen LogP contribution is 2.37. The second-order valence-corrected chi connectivity index (χ2v) is 9.00. The van der Waals surface area contributed by atoms with Gasteiger partial charge in [0, 0.05) is 19.1 Å². The Morgan fingerprint density at radius 2 is 2.04 bits per heavy atom. The third-order valence-corrected chi connectivity index (χ3v) is 5.59. The van der Waals surface area contributed by atoms with Crippen molar-refractivity contribution in [3.05, 3.63) is 0 Å². The first kappa shape index (κ1) is 20.7. The van der Waals surface area contributed by atoms with E-state index in [1.807, 2.05) is 20.8 Å². The standard InChI is InChI=1S/C18H30INO5/c1-18(2,3)25-17(22)20-11-13-10-12(6-5-8-19)7-9-24-15(13)14(20)16(21)23-4/h12-15H,5-11H2,1-4H3/t12-,13+,14+,15-/m1/s1. The summed E-state index contributed by atoms with van der Waals surface area (Å²) in [5.74, 6) is 0.309. The van der Waals surface area contributed by atoms with E-state index in [4.69, 9.17) is 14.2 Å². The first-order valence-electron chi connectivity index (χ1n) is 9.02. The summed E-state index contributed by atoms with van der Waals surface area (Å²) < 4.78 is 17.6. The van der Waals surface area contributed by atoms with E-state index in [9.17, 15) is 9.59 Å². The Bertz CT molecular complexity index is 479. The minimum absolute atomic E-state index is 0.151. The summed E-state index contributed by atoms with van der Waals surface area (Å²) in [5.41, 5.74) is -0.605. The molecule has 0 N–H and O–H groups in total. The van der Waals surface area contributed by atoms with Crippen LogP contribution in [0.5, 0.6) is 0 Å². The average Bonchev–Trinajstić information content (AvgIpc) is 2.76. The van der Waals surface area contributed by atoms with Crippen LogP contribution >= 0.6 is 22.6 Å². The van der Waals surface area contributed by atoms with Gasteiger partial charge in [0.2, 0.25) is 0 Å². The molecule has 0 spiro atoms. The number of rotatable bonds is 4. The van der Waals surface area contributed by atoms with Crippen LogP contribution in [0.1, 0.15) is 46.5 Å². The highest BCUT2D eigenvalue weighted by Gasteiger charge is 2.51. The number of ether oxygens (including phenoxy) is 3. The van der Waals surface area contributed by atoms with Crippen molar-refractivity contribution in [2.75, 3.05) is 24.7 Å². The first-order chi connectivity index (χ1) is 11.8. The molecule has 2 heterocycles. The molecule has 2 rings (SSSR count). The summed E-state index contributed by atoms with van der Waals surface area (Å²) in [6, 6.07) is -0.715. The van der Waals surface area contributed by atoms with Crippen molar-refractivity contribution < 1.29 is 23.8 Å². The van der Waals surface area contributed by atoms with Crippen molar-refractivity contribution in [3.8, 4) is 0 Å². The van der Waals surface area contributed by atoms with Crippen molar-refractivity contribution in [1.29, 1.82) is 0 Å². The zero-order valence-corrected chi connectivity index (χ0v) is 17.8. The van der Waals surface area contributed by atoms with Crippen LogP contribution in [0, 0.1) is 11.8 Å². The number of amides is 1. The van der Waals surface area contributed by atoms with Gasteiger partial charge in [-0.3, -0.25) is 4.90 Å². The minimum Gasteiger partial charge on any atom is -0.467 e. The fourth-order valence-electron chi connectivity index (χ4n) is 3.78. The molecule has 0 radical (unpaired) electrons. The van der Waals surface area contributed by atoms with Crippen LogP contribution in [-0.4, -0.2) is 59.4 Å². The Hall–Kier alpha value is -0.570. The van der Waals surface area contributed by atoms with Crippen LogP contribution < -0.4 is 0 Å². The highest BCUT2D eigenvalue weighted by molar-refractivity contribution is 14.1. The predicted molar refractivity (Wildman–Crippen MR) is 103 cm³/mol. The van der Waals surface area contributed by atoms with E-state index in [2.05, 4.69) is 22.6 Å². The molecule has 0 aromatic carbocycles. The highest BCUT2D eigenvalue weighted by atomic mass is 127. The van der Waals surface area contributed by atoms with Crippen LogP contribution in [0.25, 0.3) is 0 Å². The van der Waals surface area contributed by atoms with Gasteiger partial charge in [0.05, 0.1) is 13.2 Å². The average molecular weight is 467 g/mol. The number of carbonyl (C=O) groups excluding carboxylic acids is 2. The SMILES string of the molecule is COC(=O)[C@@H]1[C@@H]2OCC[C@@H](CCCI)C[C@H]2CN1C(=O)OC(C)(C)C. The molecule has 0 aromatic heterocycles. The maximum absolute atomic E-state index is 12.6. The summed E-state index contributed by atoms with van der Waals surface area (Å²) in [6.07, 6.45) is 3.59. The number of esters is 1. The maximum atomic E-state index is 12.6. The van der Waals surface area contributed by atoms with Crippen LogP contribution in [0.3, 0.4) is 0 Å². The van der Waals surface area contributed by atoms with Crippen LogP contribution in [-0.2, 0) is 19.0 Å². The second-order valence-electron chi connectivity index (χ2n) is 7.92. The van der Waals surface area contributed by atoms with Gasteiger partial charge in [-0.2, -0.15) is 0 Å². The summed E-state index contributed by atoms with van der Waals surface area (Å²) in [7, 11) is 1.35. The number of hydrogen-bond acceptors (Lipinski definition) is 5. The molecule has 1 amide bonds. The molecule has 0 saturated carbocycles. The summed E-state index contributed by atoms with van der Waals surface area (Å²) in [4.78, 5) is 26.5. The molecule has 2 aliphatic heterocycles. The fourth-order valence-corrected chi connectivity index (χ4v) is 4.22. The number of hydrogen-bond donors (Lipinski definition) is 0. The van der Waals surface area contributed by atoms with E-state index in [-0.39, 0.29) is 12.0 Å². The lowest BCUT2D eigenvalue weighted by atomic mass is 9.87. The van der Waals surface area contributed by atoms with Gasteiger partial charge in [-0.05, 0) is 56.8 Å². The Balaban J connectivity index is 2.16. The van der Waals surface area contributed by atoms with Gasteiger partial charge in [0.15, 0.2) is 6.04 Å². The molecular formula is C18H30INO5. The van der Waals surface area contributed by atoms with E-state index in [0.717, 1.165) is 17.3 Å². The Morgan fingerprint density at radius 3 is 2.64 bits per heavy atom. The van der Waals surface area contributed by atoms with Crippen LogP contribution in [0.4, 0.5) is 4.79 Å². The lowest BCUT2D eigenvalue weighted by Gasteiger charge is -2.28. The third-order valence-electron chi connectivity index (χ3n) is 4.83. The molecule has 0 aliphatic carbocycles. The van der Waals surface area contributed by atoms with E-state index in [1.165, 1.54) is 24.9 Å². The molecule has 0 bridgehead atoms. The normalized spacial score (nSPS) is 29.7. The minimum atomic E-state index is -0.715. The van der Waals surface area contributed by atoms with Gasteiger partial charge in [0.25, 0.3) is 0 Å². The Morgan fingerprint density at radius 1 is 1.32 bits per heavy atom. The molecule has 2 saturated heterocycles. The summed E-state index contributed by atoms with van der Waals surface area (Å²) in [5, 5.41) is 0. The van der Waals surface area contributed by atoms with Crippen molar-refractivity contribution in [3.63, 3.8) is 0 Å². The predicted octanol–water partition coefficient (Wildman–Crippen LogP) is 3.41. The van der Waals surface area contributed by atoms with Crippen molar-refractivity contribution in [2.45, 2.75) is 64.2 Å². The van der Waals surface area contributed by atoms with E-state index >= 15 is 0 Å². The number of alkyl halides is 1. The summed E-state index contributed by atoms with van der Waals surface area (Å²) in [6.45, 7) is 6.58. The molecule has 7 heteroatoms. The van der Waals surface area contributed by atoms with Crippen LogP contribution in [0.2, 0.25) is 0 Å². The van der Waals surface area contributed by atoms with Crippen molar-refractivity contribution in [1.82, 2.24) is 4.90 Å². The Labute approximate surface area is 164 Å². The lowest BCUT2D eigenvalue weighted by molar-refractivity contribution is -0.150. The molecule has 0 unspecified atom stereocenters. The largest absolute Gasteiger partial charge is 0.467 e. The topological polar surface area (TPSA) is 65.1 Å². The van der Waals surface area contributed by atoms with Crippen molar-refractivity contribution >= 4 is 34.7 Å². The number of halogens is 1. The van der Waals surface area contributed by atoms with Crippen LogP contribution in [0.15, 0.2) is 0 Å². The molecular weight excluding hydrogens is 437 g/mol. The molecule has 144 valence electrons. The maximum Gasteiger partial charge on any atom is 0.411 e. The number of carbonyl (C=O) groups is 2. The van der Waals surface area contributed by atoms with E-state index in [1.54, 1.807) is 0 Å². The molecule has 25 heavy (non-hydrogen) atoms. The lowest BCUT2D eigenvalue weighted by Crippen LogP contribution is -2.48. The van der Waals surface area contributed by atoms with Crippen molar-refractivity contribution in [2.24, 2.45) is 11.8 Å². The third kappa shape index (κ3) is 5.45. The summed E-state index contributed by atoms with van der Waals surface area (Å²) >= 11 is 2.40. The zero-order valence-electron chi connectivity index (χ0n) is 15.6. The monoisotopic (exact) mass is 467 g/mol. The first-order valence-corrected chi connectivity index (χ1v) is 10.5. The van der Waals surface area contributed by atoms with Gasteiger partial charge < -0.3 is 14.2 Å². The van der Waals surface area contributed by atoms with E-state index < -0.39 is 23.7 Å². The fraction of sp³-hybridized carbons (Fsp3) is 0.889. The molecule has 0 aromatic rings. The Kier molecular flexibility index (Phi) is 7.37. The molecule has 2 aliphatic rings. The number of likely N-dealkylation sites (tertiary alicyclic amines) is 1. The van der Waals surface area contributed by atoms with Gasteiger partial charge in [-0.1, -0.05) is 22.6 Å². The van der Waals surface area contributed by atoms with Gasteiger partial charge in [-0.25, -0.2) is 9.59 Å². The van der Waals surface area contributed by atoms with Gasteiger partial charge in [-0.15, -0.1) is 0 Å². The van der Waals surface area contributed by atoms with Gasteiger partial charge >= 0.3 is 12.1 Å². The number of nitrogens with zero attached hydrogens (tertiary/aromatic N) is 1. The quantitative estimate of drug-likeness (QED) is 0.360. The van der Waals surface area contributed by atoms with E-state index in [0.29, 0.717) is 19.1 Å². The number of fused-ring (bicyclic) bond motifs is 1.